The van der Waals surface area contributed by atoms with Crippen molar-refractivity contribution in [2.24, 2.45) is 0 Å². The molecule has 0 saturated heterocycles. The zero-order valence-electron chi connectivity index (χ0n) is 18.4. The Bertz CT molecular complexity index is 940. The number of carbonyl (C=O) groups is 2. The molecule has 1 aromatic heterocycles. The molecule has 1 N–H and O–H groups in total. The van der Waals surface area contributed by atoms with Crippen LogP contribution in [0.5, 0.6) is 0 Å². The average molecular weight is 429 g/mol. The second-order valence-corrected chi connectivity index (χ2v) is 8.21. The molecule has 1 fully saturated rings. The number of hydrogen-bond acceptors (Lipinski definition) is 4. The van der Waals surface area contributed by atoms with E-state index in [1.807, 2.05) is 0 Å². The first kappa shape index (κ1) is 22.7. The molecule has 1 aliphatic rings. The summed E-state index contributed by atoms with van der Waals surface area (Å²) >= 11 is 0. The molecule has 2 aromatic rings. The highest BCUT2D eigenvalue weighted by molar-refractivity contribution is 5.93. The molecule has 1 aliphatic carbocycles. The van der Waals surface area contributed by atoms with Gasteiger partial charge in [-0.1, -0.05) is 12.1 Å². The van der Waals surface area contributed by atoms with Crippen LogP contribution < -0.4 is 4.90 Å². The maximum absolute atomic E-state index is 14.9. The Kier molecular flexibility index (Phi) is 6.90. The van der Waals surface area contributed by atoms with Crippen molar-refractivity contribution in [1.29, 1.82) is 0 Å². The fourth-order valence-electron chi connectivity index (χ4n) is 3.82. The smallest absolute Gasteiger partial charge is 0.324 e. The van der Waals surface area contributed by atoms with E-state index < -0.39 is 5.82 Å². The maximum Gasteiger partial charge on any atom is 0.324 e. The molecule has 0 unspecified atom stereocenters. The highest BCUT2D eigenvalue weighted by atomic mass is 19.1. The summed E-state index contributed by atoms with van der Waals surface area (Å²) in [6.07, 6.45) is 4.04. The van der Waals surface area contributed by atoms with E-state index in [0.717, 1.165) is 12.8 Å². The molecule has 31 heavy (non-hydrogen) atoms. The van der Waals surface area contributed by atoms with Crippen molar-refractivity contribution >= 4 is 17.6 Å². The quantitative estimate of drug-likeness (QED) is 0.810. The van der Waals surface area contributed by atoms with E-state index >= 15 is 0 Å². The zero-order chi connectivity index (χ0) is 22.7. The van der Waals surface area contributed by atoms with Crippen LogP contribution in [0.3, 0.4) is 0 Å². The predicted molar refractivity (Wildman–Crippen MR) is 117 cm³/mol. The fraction of sp³-hybridized carbons (Fsp3) is 0.435. The lowest BCUT2D eigenvalue weighted by atomic mass is 9.92. The van der Waals surface area contributed by atoms with Crippen LogP contribution in [0.15, 0.2) is 36.5 Å². The lowest BCUT2D eigenvalue weighted by Crippen LogP contribution is -2.46. The number of aliphatic hydroxyl groups excluding tert-OH is 1. The summed E-state index contributed by atoms with van der Waals surface area (Å²) in [6, 6.07) is 7.73. The molecule has 0 radical (unpaired) electrons. The summed E-state index contributed by atoms with van der Waals surface area (Å²) in [5, 5.41) is 9.67. The number of aromatic nitrogens is 1. The van der Waals surface area contributed by atoms with Gasteiger partial charge in [0.05, 0.1) is 11.8 Å². The number of amides is 3. The fourth-order valence-corrected chi connectivity index (χ4v) is 3.82. The summed E-state index contributed by atoms with van der Waals surface area (Å²) in [5.41, 5.74) is 1.78. The van der Waals surface area contributed by atoms with E-state index in [1.165, 1.54) is 22.1 Å². The predicted octanol–water partition coefficient (Wildman–Crippen LogP) is 3.38. The molecule has 0 bridgehead atoms. The molecule has 3 rings (SSSR count). The summed E-state index contributed by atoms with van der Waals surface area (Å²) in [4.78, 5) is 33.4. The minimum absolute atomic E-state index is 0.0372. The highest BCUT2D eigenvalue weighted by Crippen LogP contribution is 2.28. The van der Waals surface area contributed by atoms with Crippen molar-refractivity contribution in [3.63, 3.8) is 0 Å². The van der Waals surface area contributed by atoms with E-state index in [4.69, 9.17) is 0 Å². The van der Waals surface area contributed by atoms with E-state index in [1.54, 1.807) is 57.4 Å². The molecule has 7 nitrogen and oxygen atoms in total. The number of benzene rings is 1. The van der Waals surface area contributed by atoms with Gasteiger partial charge in [-0.15, -0.1) is 0 Å². The van der Waals surface area contributed by atoms with Crippen molar-refractivity contribution in [3.05, 3.63) is 48.0 Å². The van der Waals surface area contributed by atoms with Gasteiger partial charge in [0.25, 0.3) is 5.91 Å². The Labute approximate surface area is 182 Å². The molecular formula is C23H29FN4O3. The SMILES string of the molecule is CN(C)C(=O)c1ccc(-c2ccc(N(C)C(=O)N(C)C3CCC(O)CC3)c(F)c2)cn1. The van der Waals surface area contributed by atoms with Gasteiger partial charge < -0.3 is 14.9 Å². The van der Waals surface area contributed by atoms with Crippen LogP contribution in [0.1, 0.15) is 36.2 Å². The van der Waals surface area contributed by atoms with Gasteiger partial charge in [0.2, 0.25) is 0 Å². The normalized spacial score (nSPS) is 18.4. The second-order valence-electron chi connectivity index (χ2n) is 8.21. The summed E-state index contributed by atoms with van der Waals surface area (Å²) < 4.78 is 14.9. The van der Waals surface area contributed by atoms with Crippen LogP contribution >= 0.6 is 0 Å². The number of halogens is 1. The largest absolute Gasteiger partial charge is 0.393 e. The first-order valence-corrected chi connectivity index (χ1v) is 10.3. The monoisotopic (exact) mass is 428 g/mol. The third-order valence-corrected chi connectivity index (χ3v) is 5.83. The summed E-state index contributed by atoms with van der Waals surface area (Å²) in [7, 11) is 6.57. The third-order valence-electron chi connectivity index (χ3n) is 5.83. The van der Waals surface area contributed by atoms with E-state index in [9.17, 15) is 19.1 Å². The number of anilines is 1. The molecule has 1 saturated carbocycles. The van der Waals surface area contributed by atoms with Crippen LogP contribution in [0.2, 0.25) is 0 Å². The van der Waals surface area contributed by atoms with E-state index in [2.05, 4.69) is 4.98 Å². The van der Waals surface area contributed by atoms with Gasteiger partial charge in [-0.3, -0.25) is 14.7 Å². The molecule has 0 atom stereocenters. The van der Waals surface area contributed by atoms with Crippen molar-refractivity contribution in [3.8, 4) is 11.1 Å². The highest BCUT2D eigenvalue weighted by Gasteiger charge is 2.28. The molecule has 166 valence electrons. The Morgan fingerprint density at radius 3 is 2.19 bits per heavy atom. The first-order valence-electron chi connectivity index (χ1n) is 10.3. The van der Waals surface area contributed by atoms with Crippen LogP contribution in [-0.2, 0) is 0 Å². The number of pyridine rings is 1. The number of aliphatic hydroxyl groups is 1. The minimum Gasteiger partial charge on any atom is -0.393 e. The van der Waals surface area contributed by atoms with Gasteiger partial charge in [-0.2, -0.15) is 0 Å². The Balaban J connectivity index is 1.74. The average Bonchev–Trinajstić information content (AvgIpc) is 2.77. The Morgan fingerprint density at radius 1 is 1.00 bits per heavy atom. The van der Waals surface area contributed by atoms with Gasteiger partial charge in [-0.25, -0.2) is 9.18 Å². The maximum atomic E-state index is 14.9. The van der Waals surface area contributed by atoms with Gasteiger partial charge in [0.15, 0.2) is 0 Å². The summed E-state index contributed by atoms with van der Waals surface area (Å²) in [6.45, 7) is 0. The van der Waals surface area contributed by atoms with Crippen LogP contribution in [0, 0.1) is 5.82 Å². The standard InChI is InChI=1S/C23H29FN4O3/c1-26(2)22(30)20-11-5-16(14-25-20)15-6-12-21(19(24)13-15)28(4)23(31)27(3)17-7-9-18(29)10-8-17/h5-6,11-14,17-18,29H,7-10H2,1-4H3. The molecule has 1 heterocycles. The van der Waals surface area contributed by atoms with Crippen LogP contribution in [0.25, 0.3) is 11.1 Å². The second kappa shape index (κ2) is 9.43. The first-order chi connectivity index (χ1) is 14.7. The van der Waals surface area contributed by atoms with E-state index in [-0.39, 0.29) is 29.8 Å². The van der Waals surface area contributed by atoms with Crippen molar-refractivity contribution in [2.45, 2.75) is 37.8 Å². The Hall–Kier alpha value is -3.00. The van der Waals surface area contributed by atoms with Crippen molar-refractivity contribution < 1.29 is 19.1 Å². The molecular weight excluding hydrogens is 399 g/mol. The number of hydrogen-bond donors (Lipinski definition) is 1. The van der Waals surface area contributed by atoms with Gasteiger partial charge in [-0.05, 0) is 49.4 Å². The van der Waals surface area contributed by atoms with Crippen LogP contribution in [0.4, 0.5) is 14.9 Å². The Morgan fingerprint density at radius 2 is 1.65 bits per heavy atom. The number of carbonyl (C=O) groups excluding carboxylic acids is 2. The topological polar surface area (TPSA) is 77.0 Å². The van der Waals surface area contributed by atoms with Crippen LogP contribution in [-0.4, -0.2) is 72.2 Å². The number of rotatable bonds is 4. The zero-order valence-corrected chi connectivity index (χ0v) is 18.4. The molecule has 1 aromatic carbocycles. The minimum atomic E-state index is -0.519. The van der Waals surface area contributed by atoms with Gasteiger partial charge >= 0.3 is 6.03 Å². The molecule has 0 spiro atoms. The van der Waals surface area contributed by atoms with Crippen molar-refractivity contribution in [2.75, 3.05) is 33.1 Å². The molecule has 8 heteroatoms. The lowest BCUT2D eigenvalue weighted by molar-refractivity contribution is 0.0822. The molecule has 3 amide bonds. The van der Waals surface area contributed by atoms with Gasteiger partial charge in [0.1, 0.15) is 11.5 Å². The number of urea groups is 1. The molecule has 0 aliphatic heterocycles. The van der Waals surface area contributed by atoms with Crippen molar-refractivity contribution in [1.82, 2.24) is 14.8 Å². The summed E-state index contributed by atoms with van der Waals surface area (Å²) in [5.74, 6) is -0.723. The van der Waals surface area contributed by atoms with E-state index in [0.29, 0.717) is 29.7 Å². The number of nitrogens with zero attached hydrogens (tertiary/aromatic N) is 4. The van der Waals surface area contributed by atoms with Gasteiger partial charge in [0, 0.05) is 46.0 Å². The lowest BCUT2D eigenvalue weighted by Gasteiger charge is -2.35. The third kappa shape index (κ3) is 5.02.